The predicted octanol–water partition coefficient (Wildman–Crippen LogP) is 6.73. The summed E-state index contributed by atoms with van der Waals surface area (Å²) in [5.74, 6) is 0.882. The third-order valence-electron chi connectivity index (χ3n) is 6.08. The van der Waals surface area contributed by atoms with Crippen LogP contribution in [-0.4, -0.2) is 39.6 Å². The summed E-state index contributed by atoms with van der Waals surface area (Å²) < 4.78 is 1.75. The lowest BCUT2D eigenvalue weighted by atomic mass is 9.84. The van der Waals surface area contributed by atoms with Crippen molar-refractivity contribution in [3.63, 3.8) is 0 Å². The van der Waals surface area contributed by atoms with Gasteiger partial charge in [-0.05, 0) is 42.7 Å². The summed E-state index contributed by atoms with van der Waals surface area (Å²) in [4.78, 5) is 28.2. The highest BCUT2D eigenvalue weighted by atomic mass is 16.2. The second-order valence-electron chi connectivity index (χ2n) is 11.8. The maximum Gasteiger partial charge on any atom is 0.245 e. The summed E-state index contributed by atoms with van der Waals surface area (Å²) in [6.07, 6.45) is 1.40. The van der Waals surface area contributed by atoms with Crippen molar-refractivity contribution >= 4 is 17.6 Å². The molecule has 0 fully saturated rings. The smallest absolute Gasteiger partial charge is 0.245 e. The van der Waals surface area contributed by atoms with Crippen molar-refractivity contribution in [3.05, 3.63) is 66.2 Å². The van der Waals surface area contributed by atoms with Crippen LogP contribution in [-0.2, 0) is 9.59 Å². The monoisotopic (exact) mass is 502 g/mol. The Bertz CT molecular complexity index is 1170. The molecule has 6 nitrogen and oxygen atoms in total. The Morgan fingerprint density at radius 3 is 2.24 bits per heavy atom. The zero-order chi connectivity index (χ0) is 27.2. The summed E-state index contributed by atoms with van der Waals surface area (Å²) in [5, 5.41) is 7.82. The molecule has 1 unspecified atom stereocenters. The van der Waals surface area contributed by atoms with Gasteiger partial charge in [-0.1, -0.05) is 89.6 Å². The van der Waals surface area contributed by atoms with Crippen LogP contribution < -0.4 is 5.32 Å². The van der Waals surface area contributed by atoms with Gasteiger partial charge in [0.1, 0.15) is 5.82 Å². The highest BCUT2D eigenvalue weighted by molar-refractivity contribution is 5.94. The molecule has 0 aliphatic carbocycles. The van der Waals surface area contributed by atoms with Gasteiger partial charge >= 0.3 is 0 Å². The number of hydrogen-bond donors (Lipinski definition) is 1. The minimum absolute atomic E-state index is 0.0129. The lowest BCUT2D eigenvalue weighted by Gasteiger charge is -2.28. The van der Waals surface area contributed by atoms with E-state index in [9.17, 15) is 9.59 Å². The van der Waals surface area contributed by atoms with Crippen molar-refractivity contribution in [3.8, 4) is 16.9 Å². The maximum atomic E-state index is 13.3. The van der Waals surface area contributed by atoms with Gasteiger partial charge in [0, 0.05) is 24.6 Å². The molecule has 6 heteroatoms. The van der Waals surface area contributed by atoms with E-state index in [1.165, 1.54) is 0 Å². The van der Waals surface area contributed by atoms with Gasteiger partial charge in [0.25, 0.3) is 0 Å². The second-order valence-corrected chi connectivity index (χ2v) is 11.8. The van der Waals surface area contributed by atoms with Crippen LogP contribution in [0.3, 0.4) is 0 Å². The number of aromatic nitrogens is 2. The molecule has 2 aromatic carbocycles. The molecule has 0 spiro atoms. The Hall–Kier alpha value is -3.41. The first kappa shape index (κ1) is 28.2. The van der Waals surface area contributed by atoms with Crippen molar-refractivity contribution < 1.29 is 9.59 Å². The van der Waals surface area contributed by atoms with E-state index in [0.29, 0.717) is 18.8 Å². The lowest BCUT2D eigenvalue weighted by molar-refractivity contribution is -0.136. The predicted molar refractivity (Wildman–Crippen MR) is 152 cm³/mol. The summed E-state index contributed by atoms with van der Waals surface area (Å²) in [7, 11) is 0. The zero-order valence-corrected chi connectivity index (χ0v) is 23.4. The average Bonchev–Trinajstić information content (AvgIpc) is 3.21. The molecule has 0 aliphatic rings. The van der Waals surface area contributed by atoms with E-state index in [1.807, 2.05) is 67.6 Å². The molecule has 2 amide bonds. The van der Waals surface area contributed by atoms with E-state index >= 15 is 0 Å². The van der Waals surface area contributed by atoms with Crippen molar-refractivity contribution in [2.24, 2.45) is 17.3 Å². The van der Waals surface area contributed by atoms with Gasteiger partial charge in [0.15, 0.2) is 0 Å². The van der Waals surface area contributed by atoms with Gasteiger partial charge in [-0.2, -0.15) is 5.10 Å². The Labute approximate surface area is 222 Å². The van der Waals surface area contributed by atoms with Crippen molar-refractivity contribution in [2.75, 3.05) is 18.4 Å². The highest BCUT2D eigenvalue weighted by Crippen LogP contribution is 2.27. The third kappa shape index (κ3) is 8.59. The van der Waals surface area contributed by atoms with E-state index in [2.05, 4.69) is 46.9 Å². The number of aryl methyl sites for hydroxylation is 1. The fourth-order valence-electron chi connectivity index (χ4n) is 4.70. The molecule has 198 valence electrons. The molecule has 1 N–H and O–H groups in total. The Balaban J connectivity index is 1.81. The first-order valence-electron chi connectivity index (χ1n) is 13.2. The minimum atomic E-state index is -0.231. The standard InChI is InChI=1S/C31H42N4O2/c1-22(2)20-34(30(37)17-24(4)19-31(5,6)7)21-29(36)32-28-18-27(25-11-9-8-10-12-25)33-35(28)26-15-13-23(3)14-16-26/h8-16,18,22,24H,17,19-21H2,1-7H3,(H,32,36). The maximum absolute atomic E-state index is 13.3. The molecule has 0 bridgehead atoms. The average molecular weight is 503 g/mol. The van der Waals surface area contributed by atoms with Gasteiger partial charge in [-0.3, -0.25) is 9.59 Å². The molecule has 3 aromatic rings. The Morgan fingerprint density at radius 2 is 1.65 bits per heavy atom. The number of rotatable bonds is 10. The zero-order valence-electron chi connectivity index (χ0n) is 23.4. The fourth-order valence-corrected chi connectivity index (χ4v) is 4.70. The number of amides is 2. The largest absolute Gasteiger partial charge is 0.333 e. The third-order valence-corrected chi connectivity index (χ3v) is 6.08. The number of hydrogen-bond acceptors (Lipinski definition) is 3. The Morgan fingerprint density at radius 1 is 1.00 bits per heavy atom. The number of carbonyl (C=O) groups excluding carboxylic acids is 2. The quantitative estimate of drug-likeness (QED) is 0.334. The summed E-state index contributed by atoms with van der Waals surface area (Å²) in [5.41, 5.74) is 3.89. The van der Waals surface area contributed by atoms with Gasteiger partial charge in [-0.25, -0.2) is 4.68 Å². The SMILES string of the molecule is Cc1ccc(-n2nc(-c3ccccc3)cc2NC(=O)CN(CC(C)C)C(=O)CC(C)CC(C)(C)C)cc1. The highest BCUT2D eigenvalue weighted by Gasteiger charge is 2.24. The van der Waals surface area contributed by atoms with Crippen LogP contribution in [0, 0.1) is 24.2 Å². The normalized spacial score (nSPS) is 12.4. The first-order chi connectivity index (χ1) is 17.4. The second kappa shape index (κ2) is 12.2. The first-order valence-corrected chi connectivity index (χ1v) is 13.2. The van der Waals surface area contributed by atoms with Crippen LogP contribution in [0.1, 0.15) is 59.9 Å². The van der Waals surface area contributed by atoms with Crippen LogP contribution in [0.4, 0.5) is 5.82 Å². The molecule has 0 radical (unpaired) electrons. The number of nitrogens with one attached hydrogen (secondary N) is 1. The molecule has 0 saturated carbocycles. The van der Waals surface area contributed by atoms with Gasteiger partial charge in [0.05, 0.1) is 17.9 Å². The van der Waals surface area contributed by atoms with Crippen LogP contribution in [0.15, 0.2) is 60.7 Å². The topological polar surface area (TPSA) is 67.2 Å². The fraction of sp³-hybridized carbons (Fsp3) is 0.452. The van der Waals surface area contributed by atoms with Gasteiger partial charge < -0.3 is 10.2 Å². The van der Waals surface area contributed by atoms with Crippen molar-refractivity contribution in [2.45, 2.75) is 61.3 Å². The molecule has 37 heavy (non-hydrogen) atoms. The Kier molecular flexibility index (Phi) is 9.30. The molecule has 1 atom stereocenters. The van der Waals surface area contributed by atoms with E-state index in [1.54, 1.807) is 9.58 Å². The number of anilines is 1. The lowest BCUT2D eigenvalue weighted by Crippen LogP contribution is -2.41. The van der Waals surface area contributed by atoms with Crippen LogP contribution in [0.2, 0.25) is 0 Å². The number of benzene rings is 2. The number of nitrogens with zero attached hydrogens (tertiary/aromatic N) is 3. The van der Waals surface area contributed by atoms with E-state index < -0.39 is 0 Å². The van der Waals surface area contributed by atoms with Crippen molar-refractivity contribution in [1.82, 2.24) is 14.7 Å². The summed E-state index contributed by atoms with van der Waals surface area (Å²) in [6.45, 7) is 15.4. The molecule has 0 aliphatic heterocycles. The van der Waals surface area contributed by atoms with E-state index in [0.717, 1.165) is 28.9 Å². The number of carbonyl (C=O) groups is 2. The van der Waals surface area contributed by atoms with Gasteiger partial charge in [-0.15, -0.1) is 0 Å². The van der Waals surface area contributed by atoms with Crippen molar-refractivity contribution in [1.29, 1.82) is 0 Å². The molecule has 3 rings (SSSR count). The summed E-state index contributed by atoms with van der Waals surface area (Å²) >= 11 is 0. The molecular formula is C31H42N4O2. The van der Waals surface area contributed by atoms with Crippen LogP contribution in [0.5, 0.6) is 0 Å². The molecular weight excluding hydrogens is 460 g/mol. The van der Waals surface area contributed by atoms with E-state index in [4.69, 9.17) is 5.10 Å². The summed E-state index contributed by atoms with van der Waals surface area (Å²) in [6, 6.07) is 19.8. The minimum Gasteiger partial charge on any atom is -0.333 e. The van der Waals surface area contributed by atoms with Crippen LogP contribution in [0.25, 0.3) is 16.9 Å². The molecule has 1 aromatic heterocycles. The van der Waals surface area contributed by atoms with Crippen LogP contribution >= 0.6 is 0 Å². The van der Waals surface area contributed by atoms with E-state index in [-0.39, 0.29) is 35.6 Å². The molecule has 0 saturated heterocycles. The van der Waals surface area contributed by atoms with Gasteiger partial charge in [0.2, 0.25) is 11.8 Å². The molecule has 1 heterocycles.